The van der Waals surface area contributed by atoms with Gasteiger partial charge in [0.05, 0.1) is 18.9 Å². The van der Waals surface area contributed by atoms with Crippen molar-refractivity contribution in [2.75, 3.05) is 26.0 Å². The van der Waals surface area contributed by atoms with Crippen molar-refractivity contribution in [2.45, 2.75) is 25.3 Å². The molecule has 2 fully saturated rings. The number of hydrogen-bond acceptors (Lipinski definition) is 5. The van der Waals surface area contributed by atoms with Gasteiger partial charge in [-0.3, -0.25) is 19.3 Å². The molecule has 6 nitrogen and oxygen atoms in total. The smallest absolute Gasteiger partial charge is 0.289 e. The van der Waals surface area contributed by atoms with E-state index >= 15 is 0 Å². The highest BCUT2D eigenvalue weighted by Gasteiger charge is 2.40. The van der Waals surface area contributed by atoms with Crippen LogP contribution in [-0.2, 0) is 16.0 Å². The number of imide groups is 1. The summed E-state index contributed by atoms with van der Waals surface area (Å²) in [6, 6.07) is 11.8. The van der Waals surface area contributed by atoms with E-state index in [0.29, 0.717) is 32.4 Å². The normalized spacial score (nSPS) is 19.7. The van der Waals surface area contributed by atoms with Crippen LogP contribution in [0.25, 0.3) is 10.8 Å². The summed E-state index contributed by atoms with van der Waals surface area (Å²) < 4.78 is 5.51. The Bertz CT molecular complexity index is 929. The van der Waals surface area contributed by atoms with Crippen LogP contribution in [0, 0.1) is 0 Å². The lowest BCUT2D eigenvalue weighted by molar-refractivity contribution is -0.131. The molecule has 146 valence electrons. The third-order valence-electron chi connectivity index (χ3n) is 5.47. The van der Waals surface area contributed by atoms with Crippen LogP contribution >= 0.6 is 11.8 Å². The highest BCUT2D eigenvalue weighted by atomic mass is 32.2. The number of thioether (sulfide) groups is 1. The van der Waals surface area contributed by atoms with E-state index in [4.69, 9.17) is 4.74 Å². The van der Waals surface area contributed by atoms with Gasteiger partial charge in [-0.2, -0.15) is 0 Å². The highest BCUT2D eigenvalue weighted by Crippen LogP contribution is 2.30. The molecule has 0 unspecified atom stereocenters. The van der Waals surface area contributed by atoms with Gasteiger partial charge in [0, 0.05) is 25.1 Å². The zero-order valence-corrected chi connectivity index (χ0v) is 16.5. The first-order chi connectivity index (χ1) is 13.6. The van der Waals surface area contributed by atoms with Gasteiger partial charge in [0.2, 0.25) is 11.8 Å². The van der Waals surface area contributed by atoms with Crippen LogP contribution in [0.4, 0.5) is 4.79 Å². The summed E-state index contributed by atoms with van der Waals surface area (Å²) in [7, 11) is 1.64. The molecule has 0 aliphatic carbocycles. The molecule has 2 heterocycles. The van der Waals surface area contributed by atoms with Crippen molar-refractivity contribution >= 4 is 39.6 Å². The van der Waals surface area contributed by atoms with Gasteiger partial charge in [-0.25, -0.2) is 0 Å². The SMILES string of the molecule is COc1ccc2ccccc2c1CCC(=O)N1CC[C@H](N2C(=O)CSC2=O)C1. The number of likely N-dealkylation sites (tertiary alicyclic amines) is 1. The standard InChI is InChI=1S/C21H22N2O4S/c1-27-18-8-6-14-4-2-3-5-16(14)17(18)7-9-19(24)22-11-10-15(12-22)23-20(25)13-28-21(23)26/h2-6,8,15H,7,9-13H2,1H3/t15-/m0/s1. The maximum absolute atomic E-state index is 12.8. The molecule has 0 saturated carbocycles. The lowest BCUT2D eigenvalue weighted by Gasteiger charge is -2.22. The molecule has 0 radical (unpaired) electrons. The number of carbonyl (C=O) groups excluding carboxylic acids is 3. The van der Waals surface area contributed by atoms with Crippen molar-refractivity contribution < 1.29 is 19.1 Å². The third-order valence-corrected chi connectivity index (χ3v) is 6.31. The van der Waals surface area contributed by atoms with E-state index in [1.54, 1.807) is 12.0 Å². The van der Waals surface area contributed by atoms with Crippen LogP contribution in [0.2, 0.25) is 0 Å². The molecule has 2 aliphatic heterocycles. The molecular formula is C21H22N2O4S. The molecule has 2 aromatic carbocycles. The number of methoxy groups -OCH3 is 1. The van der Waals surface area contributed by atoms with Crippen LogP contribution in [0.15, 0.2) is 36.4 Å². The molecule has 4 rings (SSSR count). The van der Waals surface area contributed by atoms with E-state index in [1.807, 2.05) is 36.4 Å². The summed E-state index contributed by atoms with van der Waals surface area (Å²) in [4.78, 5) is 39.7. The van der Waals surface area contributed by atoms with Crippen molar-refractivity contribution in [1.29, 1.82) is 0 Å². The molecule has 1 atom stereocenters. The quantitative estimate of drug-likeness (QED) is 0.774. The molecule has 3 amide bonds. The Labute approximate surface area is 167 Å². The second kappa shape index (κ2) is 7.83. The number of ether oxygens (including phenoxy) is 1. The van der Waals surface area contributed by atoms with Crippen LogP contribution in [-0.4, -0.2) is 58.8 Å². The Kier molecular flexibility index (Phi) is 5.26. The van der Waals surface area contributed by atoms with E-state index in [-0.39, 0.29) is 28.8 Å². The van der Waals surface area contributed by atoms with Gasteiger partial charge in [0.1, 0.15) is 5.75 Å². The molecular weight excluding hydrogens is 376 g/mol. The number of carbonyl (C=O) groups is 3. The molecule has 2 saturated heterocycles. The van der Waals surface area contributed by atoms with Crippen molar-refractivity contribution in [3.8, 4) is 5.75 Å². The van der Waals surface area contributed by atoms with Crippen molar-refractivity contribution in [2.24, 2.45) is 0 Å². The van der Waals surface area contributed by atoms with Crippen LogP contribution < -0.4 is 4.74 Å². The fourth-order valence-corrected chi connectivity index (χ4v) is 4.83. The summed E-state index contributed by atoms with van der Waals surface area (Å²) in [5.74, 6) is 0.902. The number of benzene rings is 2. The van der Waals surface area contributed by atoms with Gasteiger partial charge >= 0.3 is 0 Å². The molecule has 7 heteroatoms. The van der Waals surface area contributed by atoms with Crippen molar-refractivity contribution in [3.63, 3.8) is 0 Å². The number of rotatable bonds is 5. The van der Waals surface area contributed by atoms with Crippen LogP contribution in [0.3, 0.4) is 0 Å². The first kappa shape index (κ1) is 18.8. The largest absolute Gasteiger partial charge is 0.496 e. The van der Waals surface area contributed by atoms with Crippen LogP contribution in [0.5, 0.6) is 5.75 Å². The zero-order chi connectivity index (χ0) is 19.7. The summed E-state index contributed by atoms with van der Waals surface area (Å²) in [6.07, 6.45) is 1.61. The molecule has 0 spiro atoms. The molecule has 0 bridgehead atoms. The van der Waals surface area contributed by atoms with E-state index in [1.165, 1.54) is 4.90 Å². The number of nitrogens with zero attached hydrogens (tertiary/aromatic N) is 2. The topological polar surface area (TPSA) is 66.9 Å². The van der Waals surface area contributed by atoms with Gasteiger partial charge < -0.3 is 9.64 Å². The molecule has 0 N–H and O–H groups in total. The second-order valence-corrected chi connectivity index (χ2v) is 7.99. The average Bonchev–Trinajstić information content (AvgIpc) is 3.32. The Morgan fingerprint density at radius 3 is 2.79 bits per heavy atom. The minimum atomic E-state index is -0.190. The lowest BCUT2D eigenvalue weighted by Crippen LogP contribution is -2.41. The van der Waals surface area contributed by atoms with E-state index in [9.17, 15) is 14.4 Å². The van der Waals surface area contributed by atoms with Gasteiger partial charge in [0.15, 0.2) is 0 Å². The van der Waals surface area contributed by atoms with Gasteiger partial charge in [0.25, 0.3) is 5.24 Å². The van der Waals surface area contributed by atoms with Crippen molar-refractivity contribution in [1.82, 2.24) is 9.80 Å². The Hall–Kier alpha value is -2.54. The number of amides is 3. The monoisotopic (exact) mass is 398 g/mol. The number of fused-ring (bicyclic) bond motifs is 1. The van der Waals surface area contributed by atoms with Crippen molar-refractivity contribution in [3.05, 3.63) is 42.0 Å². The summed E-state index contributed by atoms with van der Waals surface area (Å²) >= 11 is 1.04. The fraction of sp³-hybridized carbons (Fsp3) is 0.381. The van der Waals surface area contributed by atoms with E-state index in [2.05, 4.69) is 0 Å². The minimum Gasteiger partial charge on any atom is -0.496 e. The first-order valence-electron chi connectivity index (χ1n) is 9.39. The summed E-state index contributed by atoms with van der Waals surface area (Å²) in [5.41, 5.74) is 1.03. The molecule has 2 aromatic rings. The predicted octanol–water partition coefficient (Wildman–Crippen LogP) is 3.08. The Morgan fingerprint density at radius 1 is 1.21 bits per heavy atom. The maximum atomic E-state index is 12.8. The summed E-state index contributed by atoms with van der Waals surface area (Å²) in [5, 5.41) is 2.03. The number of hydrogen-bond donors (Lipinski definition) is 0. The highest BCUT2D eigenvalue weighted by molar-refractivity contribution is 8.14. The van der Waals surface area contributed by atoms with Gasteiger partial charge in [-0.05, 0) is 29.7 Å². The Balaban J connectivity index is 1.44. The van der Waals surface area contributed by atoms with Crippen LogP contribution in [0.1, 0.15) is 18.4 Å². The van der Waals surface area contributed by atoms with E-state index < -0.39 is 0 Å². The molecule has 2 aliphatic rings. The second-order valence-electron chi connectivity index (χ2n) is 7.07. The zero-order valence-electron chi connectivity index (χ0n) is 15.7. The Morgan fingerprint density at radius 2 is 2.04 bits per heavy atom. The predicted molar refractivity (Wildman–Crippen MR) is 109 cm³/mol. The average molecular weight is 398 g/mol. The van der Waals surface area contributed by atoms with E-state index in [0.717, 1.165) is 33.8 Å². The summed E-state index contributed by atoms with van der Waals surface area (Å²) in [6.45, 7) is 1.02. The lowest BCUT2D eigenvalue weighted by atomic mass is 9.99. The number of aryl methyl sites for hydroxylation is 1. The fourth-order valence-electron chi connectivity index (χ4n) is 4.05. The maximum Gasteiger partial charge on any atom is 0.289 e. The third kappa shape index (κ3) is 3.46. The van der Waals surface area contributed by atoms with Gasteiger partial charge in [-0.15, -0.1) is 0 Å². The minimum absolute atomic E-state index is 0.0456. The first-order valence-corrected chi connectivity index (χ1v) is 10.4. The van der Waals surface area contributed by atoms with Gasteiger partial charge in [-0.1, -0.05) is 42.1 Å². The molecule has 28 heavy (non-hydrogen) atoms. The molecule has 0 aromatic heterocycles.